The SMILES string of the molecule is CCC[C@@H](Nc1ncnc2c(C(N)=O)ccnc12)c1ccc(Cl)c(C(F)(F)F)c1. The number of benzene rings is 1. The predicted octanol–water partition coefficient (Wildman–Crippen LogP) is 4.75. The van der Waals surface area contributed by atoms with Gasteiger partial charge in [-0.2, -0.15) is 13.2 Å². The van der Waals surface area contributed by atoms with Crippen LogP contribution in [0.2, 0.25) is 5.02 Å². The Morgan fingerprint density at radius 3 is 2.62 bits per heavy atom. The Bertz CT molecular complexity index is 1060. The Labute approximate surface area is 169 Å². The second-order valence-electron chi connectivity index (χ2n) is 6.36. The van der Waals surface area contributed by atoms with Gasteiger partial charge in [0.15, 0.2) is 5.82 Å². The molecule has 152 valence electrons. The van der Waals surface area contributed by atoms with Crippen LogP contribution in [0.15, 0.2) is 36.8 Å². The summed E-state index contributed by atoms with van der Waals surface area (Å²) in [5.41, 5.74) is 5.62. The molecule has 2 heterocycles. The lowest BCUT2D eigenvalue weighted by molar-refractivity contribution is -0.137. The van der Waals surface area contributed by atoms with Crippen LogP contribution in [-0.4, -0.2) is 20.9 Å². The molecule has 0 unspecified atom stereocenters. The third-order valence-electron chi connectivity index (χ3n) is 4.37. The molecule has 0 aliphatic heterocycles. The van der Waals surface area contributed by atoms with Crippen molar-refractivity contribution in [1.82, 2.24) is 15.0 Å². The van der Waals surface area contributed by atoms with Gasteiger partial charge in [-0.3, -0.25) is 9.78 Å². The number of nitrogens with zero attached hydrogens (tertiary/aromatic N) is 3. The molecule has 0 saturated heterocycles. The highest BCUT2D eigenvalue weighted by Crippen LogP contribution is 2.37. The van der Waals surface area contributed by atoms with Crippen LogP contribution in [0.4, 0.5) is 19.0 Å². The molecule has 0 radical (unpaired) electrons. The lowest BCUT2D eigenvalue weighted by Crippen LogP contribution is -2.16. The van der Waals surface area contributed by atoms with Crippen molar-refractivity contribution < 1.29 is 18.0 Å². The first-order chi connectivity index (χ1) is 13.7. The van der Waals surface area contributed by atoms with Crippen LogP contribution in [0.1, 0.15) is 47.3 Å². The molecule has 29 heavy (non-hydrogen) atoms. The molecule has 0 aliphatic rings. The Morgan fingerprint density at radius 1 is 1.21 bits per heavy atom. The predicted molar refractivity (Wildman–Crippen MR) is 104 cm³/mol. The Morgan fingerprint density at radius 2 is 1.97 bits per heavy atom. The van der Waals surface area contributed by atoms with E-state index in [4.69, 9.17) is 17.3 Å². The van der Waals surface area contributed by atoms with E-state index in [0.717, 1.165) is 6.07 Å². The first-order valence-corrected chi connectivity index (χ1v) is 9.12. The third-order valence-corrected chi connectivity index (χ3v) is 4.70. The summed E-state index contributed by atoms with van der Waals surface area (Å²) in [5, 5.41) is 2.76. The summed E-state index contributed by atoms with van der Waals surface area (Å²) < 4.78 is 39.8. The number of primary amides is 1. The highest BCUT2D eigenvalue weighted by atomic mass is 35.5. The summed E-state index contributed by atoms with van der Waals surface area (Å²) in [7, 11) is 0. The zero-order valence-electron chi connectivity index (χ0n) is 15.3. The molecular weight excluding hydrogens is 407 g/mol. The largest absolute Gasteiger partial charge is 0.417 e. The topological polar surface area (TPSA) is 93.8 Å². The van der Waals surface area contributed by atoms with E-state index in [1.807, 2.05) is 6.92 Å². The van der Waals surface area contributed by atoms with Gasteiger partial charge in [0.05, 0.1) is 22.2 Å². The van der Waals surface area contributed by atoms with Crippen molar-refractivity contribution in [2.45, 2.75) is 32.0 Å². The van der Waals surface area contributed by atoms with Crippen LogP contribution in [0.3, 0.4) is 0 Å². The molecule has 10 heteroatoms. The van der Waals surface area contributed by atoms with Crippen molar-refractivity contribution in [2.24, 2.45) is 5.73 Å². The summed E-state index contributed by atoms with van der Waals surface area (Å²) in [5.74, 6) is -0.375. The summed E-state index contributed by atoms with van der Waals surface area (Å²) in [4.78, 5) is 24.1. The number of amides is 1. The zero-order chi connectivity index (χ0) is 21.2. The van der Waals surface area contributed by atoms with E-state index in [1.54, 1.807) is 0 Å². The third kappa shape index (κ3) is 4.40. The lowest BCUT2D eigenvalue weighted by atomic mass is 9.99. The van der Waals surface area contributed by atoms with Crippen LogP contribution >= 0.6 is 11.6 Å². The van der Waals surface area contributed by atoms with Crippen molar-refractivity contribution in [2.75, 3.05) is 5.32 Å². The zero-order valence-corrected chi connectivity index (χ0v) is 16.1. The number of halogens is 4. The normalized spacial score (nSPS) is 12.7. The molecule has 1 aromatic carbocycles. The highest BCUT2D eigenvalue weighted by Gasteiger charge is 2.34. The molecule has 0 saturated carbocycles. The van der Waals surface area contributed by atoms with E-state index in [2.05, 4.69) is 20.3 Å². The fourth-order valence-electron chi connectivity index (χ4n) is 3.02. The molecular formula is C19H17ClF3N5O. The number of fused-ring (bicyclic) bond motifs is 1. The van der Waals surface area contributed by atoms with Gasteiger partial charge in [0.1, 0.15) is 17.4 Å². The Hall–Kier alpha value is -2.94. The van der Waals surface area contributed by atoms with Gasteiger partial charge in [-0.15, -0.1) is 0 Å². The molecule has 0 spiro atoms. The van der Waals surface area contributed by atoms with Gasteiger partial charge in [0.25, 0.3) is 5.91 Å². The van der Waals surface area contributed by atoms with E-state index < -0.39 is 23.7 Å². The quantitative estimate of drug-likeness (QED) is 0.596. The molecule has 6 nitrogen and oxygen atoms in total. The number of carbonyl (C=O) groups excluding carboxylic acids is 1. The van der Waals surface area contributed by atoms with Crippen molar-refractivity contribution in [3.63, 3.8) is 0 Å². The average molecular weight is 424 g/mol. The van der Waals surface area contributed by atoms with Gasteiger partial charge in [-0.1, -0.05) is 31.0 Å². The highest BCUT2D eigenvalue weighted by molar-refractivity contribution is 6.31. The summed E-state index contributed by atoms with van der Waals surface area (Å²) in [6, 6.07) is 4.75. The van der Waals surface area contributed by atoms with E-state index in [-0.39, 0.29) is 16.1 Å². The number of hydrogen-bond acceptors (Lipinski definition) is 5. The van der Waals surface area contributed by atoms with Crippen molar-refractivity contribution in [3.05, 3.63) is 58.5 Å². The van der Waals surface area contributed by atoms with Crippen molar-refractivity contribution >= 4 is 34.4 Å². The molecule has 0 bridgehead atoms. The number of hydrogen-bond donors (Lipinski definition) is 2. The Kier molecular flexibility index (Phi) is 5.88. The second-order valence-corrected chi connectivity index (χ2v) is 6.77. The number of alkyl halides is 3. The molecule has 3 aromatic rings. The number of nitrogens with two attached hydrogens (primary N) is 1. The van der Waals surface area contributed by atoms with E-state index in [9.17, 15) is 18.0 Å². The monoisotopic (exact) mass is 423 g/mol. The van der Waals surface area contributed by atoms with Gasteiger partial charge in [-0.25, -0.2) is 9.97 Å². The molecule has 3 rings (SSSR count). The first-order valence-electron chi connectivity index (χ1n) is 8.75. The maximum Gasteiger partial charge on any atom is 0.417 e. The lowest BCUT2D eigenvalue weighted by Gasteiger charge is -2.21. The number of nitrogens with one attached hydrogen (secondary N) is 1. The van der Waals surface area contributed by atoms with Crippen LogP contribution < -0.4 is 11.1 Å². The van der Waals surface area contributed by atoms with Gasteiger partial charge >= 0.3 is 6.18 Å². The Balaban J connectivity index is 2.05. The minimum Gasteiger partial charge on any atom is -0.366 e. The van der Waals surface area contributed by atoms with Crippen LogP contribution in [0.25, 0.3) is 11.0 Å². The van der Waals surface area contributed by atoms with Crippen LogP contribution in [0, 0.1) is 0 Å². The number of carbonyl (C=O) groups is 1. The summed E-state index contributed by atoms with van der Waals surface area (Å²) in [6.07, 6.45) is -0.700. The molecule has 0 fully saturated rings. The minimum atomic E-state index is -4.57. The molecule has 1 atom stereocenters. The number of pyridine rings is 1. The van der Waals surface area contributed by atoms with Crippen molar-refractivity contribution in [3.8, 4) is 0 Å². The van der Waals surface area contributed by atoms with Gasteiger partial charge in [0.2, 0.25) is 0 Å². The molecule has 1 amide bonds. The first kappa shape index (κ1) is 20.8. The number of anilines is 1. The van der Waals surface area contributed by atoms with Crippen LogP contribution in [0.5, 0.6) is 0 Å². The molecule has 0 aliphatic carbocycles. The smallest absolute Gasteiger partial charge is 0.366 e. The fourth-order valence-corrected chi connectivity index (χ4v) is 3.25. The standard InChI is InChI=1S/C19H17ClF3N5O/c1-2-3-14(10-4-5-13(20)12(8-10)19(21,22)23)28-18-16-15(26-9-27-18)11(17(24)29)6-7-25-16/h4-9,14H,2-3H2,1H3,(H2,24,29)(H,26,27,28)/t14-/m1/s1. The summed E-state index contributed by atoms with van der Waals surface area (Å²) in [6.45, 7) is 1.91. The average Bonchev–Trinajstić information content (AvgIpc) is 2.67. The minimum absolute atomic E-state index is 0.179. The number of aromatic nitrogens is 3. The van der Waals surface area contributed by atoms with E-state index >= 15 is 0 Å². The second kappa shape index (κ2) is 8.20. The van der Waals surface area contributed by atoms with Gasteiger partial charge in [0, 0.05) is 6.20 Å². The van der Waals surface area contributed by atoms with Gasteiger partial charge < -0.3 is 11.1 Å². The fraction of sp³-hybridized carbons (Fsp3) is 0.263. The van der Waals surface area contributed by atoms with Crippen molar-refractivity contribution in [1.29, 1.82) is 0 Å². The summed E-state index contributed by atoms with van der Waals surface area (Å²) >= 11 is 5.73. The number of rotatable bonds is 6. The van der Waals surface area contributed by atoms with Gasteiger partial charge in [-0.05, 0) is 30.2 Å². The maximum atomic E-state index is 13.3. The molecule has 3 N–H and O–H groups in total. The van der Waals surface area contributed by atoms with Crippen LogP contribution in [-0.2, 0) is 6.18 Å². The molecule has 2 aromatic heterocycles. The van der Waals surface area contributed by atoms with E-state index in [0.29, 0.717) is 29.7 Å². The van der Waals surface area contributed by atoms with E-state index in [1.165, 1.54) is 30.7 Å². The maximum absolute atomic E-state index is 13.3.